The van der Waals surface area contributed by atoms with E-state index >= 15 is 0 Å². The van der Waals surface area contributed by atoms with Crippen molar-refractivity contribution in [3.8, 4) is 0 Å². The van der Waals surface area contributed by atoms with Gasteiger partial charge in [0.1, 0.15) is 5.54 Å². The Bertz CT molecular complexity index is 500. The maximum absolute atomic E-state index is 12.1. The molecule has 0 saturated carbocycles. The number of anilines is 1. The number of carbonyl (C=O) groups excluding carboxylic acids is 1. The lowest BCUT2D eigenvalue weighted by molar-refractivity contribution is -0.146. The molecule has 110 valence electrons. The molecule has 1 aromatic carbocycles. The first-order valence-electron chi connectivity index (χ1n) is 6.30. The number of amides is 2. The molecule has 0 unspecified atom stereocenters. The van der Waals surface area contributed by atoms with E-state index in [4.69, 9.17) is 5.11 Å². The summed E-state index contributed by atoms with van der Waals surface area (Å²) in [7, 11) is 3.30. The highest BCUT2D eigenvalue weighted by Crippen LogP contribution is 2.16. The first-order valence-corrected chi connectivity index (χ1v) is 6.30. The zero-order valence-corrected chi connectivity index (χ0v) is 12.2. The Morgan fingerprint density at radius 3 is 2.55 bits per heavy atom. The van der Waals surface area contributed by atoms with Crippen molar-refractivity contribution in [2.24, 2.45) is 0 Å². The van der Waals surface area contributed by atoms with E-state index in [2.05, 4.69) is 10.6 Å². The van der Waals surface area contributed by atoms with Gasteiger partial charge in [0.25, 0.3) is 0 Å². The molecule has 0 bridgehead atoms. The zero-order chi connectivity index (χ0) is 15.3. The summed E-state index contributed by atoms with van der Waals surface area (Å²) in [6.45, 7) is 3.65. The van der Waals surface area contributed by atoms with Crippen molar-refractivity contribution in [2.75, 3.05) is 19.4 Å². The first kappa shape index (κ1) is 16.0. The fraction of sp³-hybridized carbons (Fsp3) is 0.429. The number of rotatable bonds is 5. The highest BCUT2D eigenvalue weighted by atomic mass is 16.4. The van der Waals surface area contributed by atoms with Crippen LogP contribution in [0.1, 0.15) is 19.4 Å². The highest BCUT2D eigenvalue weighted by Gasteiger charge is 2.35. The van der Waals surface area contributed by atoms with Crippen molar-refractivity contribution in [3.05, 3.63) is 29.8 Å². The summed E-state index contributed by atoms with van der Waals surface area (Å²) < 4.78 is 0. The van der Waals surface area contributed by atoms with Crippen LogP contribution in [-0.4, -0.2) is 41.6 Å². The van der Waals surface area contributed by atoms with Crippen molar-refractivity contribution >= 4 is 17.7 Å². The summed E-state index contributed by atoms with van der Waals surface area (Å²) in [6.07, 6.45) is 0. The second-order valence-corrected chi connectivity index (χ2v) is 5.08. The van der Waals surface area contributed by atoms with Gasteiger partial charge in [-0.1, -0.05) is 12.1 Å². The molecule has 0 radical (unpaired) electrons. The highest BCUT2D eigenvalue weighted by molar-refractivity contribution is 5.93. The van der Waals surface area contributed by atoms with E-state index in [0.29, 0.717) is 12.2 Å². The minimum absolute atomic E-state index is 0.459. The van der Waals surface area contributed by atoms with Gasteiger partial charge < -0.3 is 20.6 Å². The average Bonchev–Trinajstić information content (AvgIpc) is 2.38. The molecule has 0 spiro atoms. The molecule has 6 nitrogen and oxygen atoms in total. The maximum atomic E-state index is 12.1. The molecule has 1 rings (SSSR count). The van der Waals surface area contributed by atoms with Crippen molar-refractivity contribution in [2.45, 2.75) is 25.9 Å². The normalized spacial score (nSPS) is 11.0. The number of nitrogens with zero attached hydrogens (tertiary/aromatic N) is 1. The second kappa shape index (κ2) is 6.38. The summed E-state index contributed by atoms with van der Waals surface area (Å²) in [5.74, 6) is -1.06. The van der Waals surface area contributed by atoms with Crippen molar-refractivity contribution in [3.63, 3.8) is 0 Å². The monoisotopic (exact) mass is 279 g/mol. The van der Waals surface area contributed by atoms with Crippen molar-refractivity contribution in [1.29, 1.82) is 0 Å². The minimum atomic E-state index is -1.27. The number of carboxylic acid groups (broad SMARTS) is 1. The minimum Gasteiger partial charge on any atom is -0.480 e. The van der Waals surface area contributed by atoms with Gasteiger partial charge in [0.2, 0.25) is 0 Å². The van der Waals surface area contributed by atoms with Gasteiger partial charge in [0.05, 0.1) is 0 Å². The molecule has 20 heavy (non-hydrogen) atoms. The van der Waals surface area contributed by atoms with Crippen LogP contribution < -0.4 is 10.6 Å². The number of aliphatic carboxylic acids is 1. The lowest BCUT2D eigenvalue weighted by Gasteiger charge is -2.31. The third kappa shape index (κ3) is 3.71. The molecule has 0 atom stereocenters. The van der Waals surface area contributed by atoms with Crippen LogP contribution in [0.15, 0.2) is 24.3 Å². The van der Waals surface area contributed by atoms with Crippen LogP contribution in [0.5, 0.6) is 0 Å². The molecule has 0 fully saturated rings. The molecule has 0 aliphatic carbocycles. The molecule has 2 amide bonds. The first-order chi connectivity index (χ1) is 9.28. The van der Waals surface area contributed by atoms with Gasteiger partial charge in [0.15, 0.2) is 0 Å². The summed E-state index contributed by atoms with van der Waals surface area (Å²) in [4.78, 5) is 24.4. The van der Waals surface area contributed by atoms with E-state index in [1.54, 1.807) is 6.07 Å². The molecule has 0 aromatic heterocycles. The van der Waals surface area contributed by atoms with Crippen LogP contribution in [0, 0.1) is 0 Å². The van der Waals surface area contributed by atoms with Gasteiger partial charge in [-0.2, -0.15) is 0 Å². The van der Waals surface area contributed by atoms with Crippen molar-refractivity contribution < 1.29 is 14.7 Å². The van der Waals surface area contributed by atoms with E-state index in [1.807, 2.05) is 25.2 Å². The second-order valence-electron chi connectivity index (χ2n) is 5.08. The Morgan fingerprint density at radius 2 is 2.00 bits per heavy atom. The van der Waals surface area contributed by atoms with E-state index in [-0.39, 0.29) is 0 Å². The van der Waals surface area contributed by atoms with E-state index in [1.165, 1.54) is 25.8 Å². The largest absolute Gasteiger partial charge is 0.480 e. The fourth-order valence-electron chi connectivity index (χ4n) is 1.57. The van der Waals surface area contributed by atoms with Gasteiger partial charge in [-0.05, 0) is 38.6 Å². The Kier molecular flexibility index (Phi) is 5.10. The van der Waals surface area contributed by atoms with E-state index < -0.39 is 17.5 Å². The zero-order valence-electron chi connectivity index (χ0n) is 12.2. The van der Waals surface area contributed by atoms with E-state index in [0.717, 1.165) is 5.56 Å². The van der Waals surface area contributed by atoms with E-state index in [9.17, 15) is 9.59 Å². The fourth-order valence-corrected chi connectivity index (χ4v) is 1.57. The number of hydrogen-bond donors (Lipinski definition) is 3. The smallest absolute Gasteiger partial charge is 0.329 e. The summed E-state index contributed by atoms with van der Waals surface area (Å²) >= 11 is 0. The Hall–Kier alpha value is -2.08. The van der Waals surface area contributed by atoms with Gasteiger partial charge >= 0.3 is 12.0 Å². The standard InChI is InChI=1S/C14H21N3O3/c1-14(2,12(18)19)17(4)13(20)16-11-7-5-6-10(8-11)9-15-3/h5-8,15H,9H2,1-4H3,(H,16,20)(H,18,19). The molecule has 6 heteroatoms. The Labute approximate surface area is 118 Å². The predicted molar refractivity (Wildman–Crippen MR) is 77.7 cm³/mol. The number of likely N-dealkylation sites (N-methyl/N-ethyl adjacent to an activating group) is 1. The molecular formula is C14H21N3O3. The quantitative estimate of drug-likeness (QED) is 0.766. The molecule has 0 saturated heterocycles. The van der Waals surface area contributed by atoms with Gasteiger partial charge in [-0.3, -0.25) is 0 Å². The maximum Gasteiger partial charge on any atom is 0.329 e. The molecule has 0 heterocycles. The van der Waals surface area contributed by atoms with Gasteiger partial charge in [-0.15, -0.1) is 0 Å². The third-order valence-corrected chi connectivity index (χ3v) is 3.23. The van der Waals surface area contributed by atoms with Crippen LogP contribution in [0.25, 0.3) is 0 Å². The van der Waals surface area contributed by atoms with Crippen LogP contribution in [0.2, 0.25) is 0 Å². The lowest BCUT2D eigenvalue weighted by atomic mass is 10.1. The van der Waals surface area contributed by atoms with Crippen LogP contribution in [0.3, 0.4) is 0 Å². The van der Waals surface area contributed by atoms with Crippen molar-refractivity contribution in [1.82, 2.24) is 10.2 Å². The molecular weight excluding hydrogens is 258 g/mol. The predicted octanol–water partition coefficient (Wildman–Crippen LogP) is 1.73. The average molecular weight is 279 g/mol. The Balaban J connectivity index is 2.80. The summed E-state index contributed by atoms with van der Waals surface area (Å²) in [5.41, 5.74) is 0.397. The number of urea groups is 1. The summed E-state index contributed by atoms with van der Waals surface area (Å²) in [5, 5.41) is 14.8. The van der Waals surface area contributed by atoms with Crippen LogP contribution >= 0.6 is 0 Å². The topological polar surface area (TPSA) is 81.7 Å². The number of benzene rings is 1. The number of nitrogens with one attached hydrogen (secondary N) is 2. The molecule has 1 aromatic rings. The van der Waals surface area contributed by atoms with Gasteiger partial charge in [0, 0.05) is 19.3 Å². The van der Waals surface area contributed by atoms with Crippen LogP contribution in [-0.2, 0) is 11.3 Å². The SMILES string of the molecule is CNCc1cccc(NC(=O)N(C)C(C)(C)C(=O)O)c1. The molecule has 3 N–H and O–H groups in total. The third-order valence-electron chi connectivity index (χ3n) is 3.23. The van der Waals surface area contributed by atoms with Gasteiger partial charge in [-0.25, -0.2) is 9.59 Å². The molecule has 0 aliphatic heterocycles. The van der Waals surface area contributed by atoms with Crippen LogP contribution in [0.4, 0.5) is 10.5 Å². The lowest BCUT2D eigenvalue weighted by Crippen LogP contribution is -2.52. The Morgan fingerprint density at radius 1 is 1.35 bits per heavy atom. The summed E-state index contributed by atoms with van der Waals surface area (Å²) in [6, 6.07) is 6.93. The number of carboxylic acids is 1. The number of carbonyl (C=O) groups is 2. The number of hydrogen-bond acceptors (Lipinski definition) is 3. The molecule has 0 aliphatic rings.